The molecule has 1 aromatic carbocycles. The van der Waals surface area contributed by atoms with E-state index in [9.17, 15) is 4.79 Å². The molecule has 0 N–H and O–H groups in total. The van der Waals surface area contributed by atoms with E-state index in [1.165, 1.54) is 43.2 Å². The summed E-state index contributed by atoms with van der Waals surface area (Å²) in [6.07, 6.45) is 8.32. The third kappa shape index (κ3) is 5.48. The van der Waals surface area contributed by atoms with Crippen LogP contribution >= 0.6 is 0 Å². The molecular weight excluding hydrogens is 220 g/mol. The van der Waals surface area contributed by atoms with Crippen LogP contribution in [0, 0.1) is 6.92 Å². The average Bonchev–Trinajstić information content (AvgIpc) is 2.32. The molecule has 0 saturated heterocycles. The van der Waals surface area contributed by atoms with E-state index < -0.39 is 0 Å². The van der Waals surface area contributed by atoms with Crippen LogP contribution in [-0.2, 0) is 17.6 Å². The first-order chi connectivity index (χ1) is 8.63. The van der Waals surface area contributed by atoms with Crippen LogP contribution in [0.1, 0.15) is 62.6 Å². The minimum absolute atomic E-state index is 0.243. The normalized spacial score (nSPS) is 10.6. The zero-order valence-electron chi connectivity index (χ0n) is 12.1. The first-order valence-corrected chi connectivity index (χ1v) is 7.21. The van der Waals surface area contributed by atoms with Gasteiger partial charge in [0, 0.05) is 6.42 Å². The summed E-state index contributed by atoms with van der Waals surface area (Å²) in [7, 11) is 0. The zero-order chi connectivity index (χ0) is 13.4. The molecule has 1 nitrogen and oxygen atoms in total. The molecule has 1 heteroatoms. The highest BCUT2D eigenvalue weighted by Gasteiger charge is 2.03. The maximum Gasteiger partial charge on any atom is 0.134 e. The fourth-order valence-electron chi connectivity index (χ4n) is 2.31. The highest BCUT2D eigenvalue weighted by Crippen LogP contribution is 2.16. The summed E-state index contributed by atoms with van der Waals surface area (Å²) >= 11 is 0. The Bertz CT molecular complexity index is 379. The summed E-state index contributed by atoms with van der Waals surface area (Å²) in [4.78, 5) is 11.1. The van der Waals surface area contributed by atoms with Crippen molar-refractivity contribution in [1.29, 1.82) is 0 Å². The second kappa shape index (κ2) is 8.07. The highest BCUT2D eigenvalue weighted by molar-refractivity contribution is 5.78. The van der Waals surface area contributed by atoms with Gasteiger partial charge >= 0.3 is 0 Å². The molecule has 0 aliphatic carbocycles. The van der Waals surface area contributed by atoms with E-state index in [2.05, 4.69) is 32.0 Å². The molecule has 0 atom stereocenters. The van der Waals surface area contributed by atoms with E-state index in [4.69, 9.17) is 0 Å². The van der Waals surface area contributed by atoms with Crippen molar-refractivity contribution in [3.05, 3.63) is 34.9 Å². The number of carbonyl (C=O) groups is 1. The maximum atomic E-state index is 11.1. The van der Waals surface area contributed by atoms with Gasteiger partial charge in [0.2, 0.25) is 0 Å². The van der Waals surface area contributed by atoms with Gasteiger partial charge in [0.15, 0.2) is 0 Å². The molecule has 0 fully saturated rings. The molecule has 0 aromatic heterocycles. The van der Waals surface area contributed by atoms with Gasteiger partial charge in [-0.05, 0) is 43.4 Å². The quantitative estimate of drug-likeness (QED) is 0.611. The molecule has 0 bridgehead atoms. The maximum absolute atomic E-state index is 11.1. The fourth-order valence-corrected chi connectivity index (χ4v) is 2.31. The second-order valence-corrected chi connectivity index (χ2v) is 5.30. The van der Waals surface area contributed by atoms with Crippen molar-refractivity contribution in [3.63, 3.8) is 0 Å². The van der Waals surface area contributed by atoms with Crippen LogP contribution in [0.4, 0.5) is 0 Å². The summed E-state index contributed by atoms with van der Waals surface area (Å²) < 4.78 is 0. The van der Waals surface area contributed by atoms with Crippen molar-refractivity contribution < 1.29 is 4.79 Å². The molecular formula is C17H26O. The minimum Gasteiger partial charge on any atom is -0.300 e. The van der Waals surface area contributed by atoms with Crippen LogP contribution in [0.3, 0.4) is 0 Å². The lowest BCUT2D eigenvalue weighted by atomic mass is 9.97. The van der Waals surface area contributed by atoms with Gasteiger partial charge in [0.05, 0.1) is 0 Å². The van der Waals surface area contributed by atoms with E-state index >= 15 is 0 Å². The van der Waals surface area contributed by atoms with Crippen LogP contribution < -0.4 is 0 Å². The number of rotatable bonds is 8. The van der Waals surface area contributed by atoms with Crippen LogP contribution in [0.5, 0.6) is 0 Å². The Hall–Kier alpha value is -1.11. The fraction of sp³-hybridized carbons (Fsp3) is 0.588. The molecule has 0 aliphatic rings. The third-order valence-electron chi connectivity index (χ3n) is 3.42. The van der Waals surface area contributed by atoms with Crippen LogP contribution in [-0.4, -0.2) is 5.78 Å². The predicted octanol–water partition coefficient (Wildman–Crippen LogP) is 4.64. The van der Waals surface area contributed by atoms with Crippen molar-refractivity contribution in [2.45, 2.75) is 65.7 Å². The van der Waals surface area contributed by atoms with Gasteiger partial charge in [-0.1, -0.05) is 50.8 Å². The summed E-state index contributed by atoms with van der Waals surface area (Å²) in [5, 5.41) is 0. The number of carbonyl (C=O) groups excluding carboxylic acids is 1. The van der Waals surface area contributed by atoms with Crippen molar-refractivity contribution in [2.75, 3.05) is 0 Å². The van der Waals surface area contributed by atoms with E-state index in [-0.39, 0.29) is 5.78 Å². The van der Waals surface area contributed by atoms with E-state index in [1.54, 1.807) is 6.92 Å². The Kier molecular flexibility index (Phi) is 6.70. The highest BCUT2D eigenvalue weighted by atomic mass is 16.1. The van der Waals surface area contributed by atoms with Gasteiger partial charge < -0.3 is 0 Å². The van der Waals surface area contributed by atoms with Crippen molar-refractivity contribution >= 4 is 5.78 Å². The molecule has 0 saturated carbocycles. The summed E-state index contributed by atoms with van der Waals surface area (Å²) in [5.74, 6) is 0.243. The van der Waals surface area contributed by atoms with Gasteiger partial charge in [-0.25, -0.2) is 0 Å². The van der Waals surface area contributed by atoms with Crippen LogP contribution in [0.2, 0.25) is 0 Å². The van der Waals surface area contributed by atoms with Crippen molar-refractivity contribution in [2.24, 2.45) is 0 Å². The molecule has 0 aliphatic heterocycles. The average molecular weight is 246 g/mol. The molecule has 18 heavy (non-hydrogen) atoms. The summed E-state index contributed by atoms with van der Waals surface area (Å²) in [6, 6.07) is 6.45. The second-order valence-electron chi connectivity index (χ2n) is 5.30. The van der Waals surface area contributed by atoms with Crippen molar-refractivity contribution in [1.82, 2.24) is 0 Å². The molecule has 0 radical (unpaired) electrons. The van der Waals surface area contributed by atoms with Gasteiger partial charge in [0.1, 0.15) is 5.78 Å². The third-order valence-corrected chi connectivity index (χ3v) is 3.42. The van der Waals surface area contributed by atoms with E-state index in [0.29, 0.717) is 6.42 Å². The lowest BCUT2D eigenvalue weighted by molar-refractivity contribution is -0.116. The largest absolute Gasteiger partial charge is 0.300 e. The lowest BCUT2D eigenvalue weighted by Gasteiger charge is -2.08. The molecule has 0 amide bonds. The van der Waals surface area contributed by atoms with Gasteiger partial charge in [-0.15, -0.1) is 0 Å². The number of benzene rings is 1. The monoisotopic (exact) mass is 246 g/mol. The summed E-state index contributed by atoms with van der Waals surface area (Å²) in [6.45, 7) is 6.07. The first kappa shape index (κ1) is 14.9. The Labute approximate surface area is 112 Å². The summed E-state index contributed by atoms with van der Waals surface area (Å²) in [5.41, 5.74) is 3.94. The molecule has 0 heterocycles. The smallest absolute Gasteiger partial charge is 0.134 e. The molecule has 1 aromatic rings. The number of ketones is 1. The molecule has 0 unspecified atom stereocenters. The molecule has 1 rings (SSSR count). The Morgan fingerprint density at radius 1 is 1.11 bits per heavy atom. The Morgan fingerprint density at radius 2 is 1.83 bits per heavy atom. The van der Waals surface area contributed by atoms with Crippen LogP contribution in [0.25, 0.3) is 0 Å². The number of hydrogen-bond acceptors (Lipinski definition) is 1. The number of aryl methyl sites for hydroxylation is 2. The zero-order valence-corrected chi connectivity index (χ0v) is 12.1. The number of unbranched alkanes of at least 4 members (excludes halogenated alkanes) is 4. The van der Waals surface area contributed by atoms with E-state index in [1.807, 2.05) is 0 Å². The van der Waals surface area contributed by atoms with E-state index in [0.717, 1.165) is 12.0 Å². The van der Waals surface area contributed by atoms with Crippen molar-refractivity contribution in [3.8, 4) is 0 Å². The minimum atomic E-state index is 0.243. The SMILES string of the molecule is CCCCCCCc1cc(CC(C)=O)ccc1C. The van der Waals surface area contributed by atoms with Gasteiger partial charge in [0.25, 0.3) is 0 Å². The number of Topliss-reactive ketones (excluding diaryl/α,β-unsaturated/α-hetero) is 1. The topological polar surface area (TPSA) is 17.1 Å². The van der Waals surface area contributed by atoms with Crippen LogP contribution in [0.15, 0.2) is 18.2 Å². The first-order valence-electron chi connectivity index (χ1n) is 7.21. The Morgan fingerprint density at radius 3 is 2.50 bits per heavy atom. The molecule has 100 valence electrons. The lowest BCUT2D eigenvalue weighted by Crippen LogP contribution is -1.99. The molecule has 0 spiro atoms. The predicted molar refractivity (Wildman–Crippen MR) is 78.0 cm³/mol. The Balaban J connectivity index is 2.50. The standard InChI is InChI=1S/C17H26O/c1-4-5-6-7-8-9-17-13-16(12-15(3)18)11-10-14(17)2/h10-11,13H,4-9,12H2,1-3H3. The van der Waals surface area contributed by atoms with Gasteiger partial charge in [-0.3, -0.25) is 4.79 Å². The van der Waals surface area contributed by atoms with Gasteiger partial charge in [-0.2, -0.15) is 0 Å². The number of hydrogen-bond donors (Lipinski definition) is 0.